The molecule has 5 heteroatoms. The lowest BCUT2D eigenvalue weighted by Crippen LogP contribution is -2.23. The molecule has 0 fully saturated rings. The molecule has 0 unspecified atom stereocenters. The van der Waals surface area contributed by atoms with E-state index in [1.165, 1.54) is 5.22 Å². The highest BCUT2D eigenvalue weighted by molar-refractivity contribution is 6.39. The smallest absolute Gasteiger partial charge is 0.146 e. The van der Waals surface area contributed by atoms with Gasteiger partial charge in [-0.2, -0.15) is 0 Å². The zero-order valence-corrected chi connectivity index (χ0v) is 21.5. The second-order valence-electron chi connectivity index (χ2n) is 8.47. The van der Waals surface area contributed by atoms with Crippen molar-refractivity contribution in [3.63, 3.8) is 0 Å². The molecule has 178 valence electrons. The average Bonchev–Trinajstić information content (AvgIpc) is 3.27. The van der Waals surface area contributed by atoms with E-state index in [0.717, 1.165) is 33.4 Å². The second kappa shape index (κ2) is 11.0. The van der Waals surface area contributed by atoms with Gasteiger partial charge in [0.25, 0.3) is 0 Å². The standard InChI is InChI=1S/C30H27Cl2NO2/c1-5-8-21-11-12-23(17-20(21)6-2)22-13-15-24(16-14-22)34-18-25-29(33-35-30(25)19(3)4)28-26(31)9-7-10-27(28)32/h5-17,19H,1,18H2,2-4H3/b20-6-,21-8-. The van der Waals surface area contributed by atoms with Gasteiger partial charge >= 0.3 is 0 Å². The minimum atomic E-state index is 0.129. The number of ether oxygens (including phenoxy) is 1. The molecule has 4 rings (SSSR count). The van der Waals surface area contributed by atoms with Crippen molar-refractivity contribution >= 4 is 35.4 Å². The average molecular weight is 504 g/mol. The van der Waals surface area contributed by atoms with Crippen molar-refractivity contribution in [2.45, 2.75) is 33.3 Å². The highest BCUT2D eigenvalue weighted by Crippen LogP contribution is 2.38. The zero-order chi connectivity index (χ0) is 24.9. The Morgan fingerprint density at radius 2 is 1.66 bits per heavy atom. The van der Waals surface area contributed by atoms with Gasteiger partial charge in [0, 0.05) is 11.5 Å². The van der Waals surface area contributed by atoms with Crippen LogP contribution in [0, 0.1) is 0 Å². The fourth-order valence-electron chi connectivity index (χ4n) is 4.02. The number of hydrogen-bond acceptors (Lipinski definition) is 3. The summed E-state index contributed by atoms with van der Waals surface area (Å²) in [5, 5.41) is 7.65. The summed E-state index contributed by atoms with van der Waals surface area (Å²) >= 11 is 12.9. The van der Waals surface area contributed by atoms with Crippen molar-refractivity contribution in [3.8, 4) is 28.1 Å². The Morgan fingerprint density at radius 3 is 2.29 bits per heavy atom. The molecule has 0 atom stereocenters. The molecule has 35 heavy (non-hydrogen) atoms. The zero-order valence-electron chi connectivity index (χ0n) is 20.0. The van der Waals surface area contributed by atoms with Crippen molar-refractivity contribution in [1.82, 2.24) is 5.16 Å². The Bertz CT molecular complexity index is 1450. The molecule has 0 N–H and O–H groups in total. The quantitative estimate of drug-likeness (QED) is 0.258. The maximum Gasteiger partial charge on any atom is 0.146 e. The molecule has 0 aliphatic rings. The van der Waals surface area contributed by atoms with Crippen molar-refractivity contribution < 1.29 is 9.26 Å². The van der Waals surface area contributed by atoms with Crippen molar-refractivity contribution in [2.24, 2.45) is 0 Å². The molecule has 0 amide bonds. The minimum absolute atomic E-state index is 0.129. The van der Waals surface area contributed by atoms with Crippen LogP contribution >= 0.6 is 23.2 Å². The SMILES string of the molecule is C=C/C=c1/ccc(-c2ccc(OCc3c(-c4c(Cl)cccc4Cl)noc3C(C)C)cc2)c/c1=C/C. The maximum absolute atomic E-state index is 6.45. The monoisotopic (exact) mass is 503 g/mol. The molecule has 3 nitrogen and oxygen atoms in total. The summed E-state index contributed by atoms with van der Waals surface area (Å²) in [6.45, 7) is 10.2. The topological polar surface area (TPSA) is 35.3 Å². The first-order valence-corrected chi connectivity index (χ1v) is 12.2. The lowest BCUT2D eigenvalue weighted by molar-refractivity contribution is 0.298. The number of rotatable bonds is 7. The molecule has 1 heterocycles. The Morgan fingerprint density at radius 1 is 0.971 bits per heavy atom. The summed E-state index contributed by atoms with van der Waals surface area (Å²) in [4.78, 5) is 0. The summed E-state index contributed by atoms with van der Waals surface area (Å²) in [6.07, 6.45) is 5.92. The van der Waals surface area contributed by atoms with Gasteiger partial charge < -0.3 is 9.26 Å². The summed E-state index contributed by atoms with van der Waals surface area (Å²) < 4.78 is 11.8. The Hall–Kier alpha value is -3.27. The second-order valence-corrected chi connectivity index (χ2v) is 9.29. The number of hydrogen-bond donors (Lipinski definition) is 0. The first-order chi connectivity index (χ1) is 16.9. The first kappa shape index (κ1) is 24.8. The van der Waals surface area contributed by atoms with Crippen LogP contribution in [0.4, 0.5) is 0 Å². The number of allylic oxidation sites excluding steroid dienone is 1. The van der Waals surface area contributed by atoms with E-state index in [-0.39, 0.29) is 12.5 Å². The van der Waals surface area contributed by atoms with E-state index in [0.29, 0.717) is 21.3 Å². The Kier molecular flexibility index (Phi) is 7.80. The number of halogens is 2. The van der Waals surface area contributed by atoms with Crippen LogP contribution in [0.1, 0.15) is 38.0 Å². The molecule has 0 spiro atoms. The van der Waals surface area contributed by atoms with Crippen LogP contribution < -0.4 is 15.2 Å². The number of benzene rings is 3. The molecule has 0 saturated carbocycles. The van der Waals surface area contributed by atoms with Crippen LogP contribution in [0.5, 0.6) is 5.75 Å². The van der Waals surface area contributed by atoms with Crippen LogP contribution in [0.3, 0.4) is 0 Å². The van der Waals surface area contributed by atoms with Crippen LogP contribution in [0.2, 0.25) is 10.0 Å². The number of aromatic nitrogens is 1. The summed E-state index contributed by atoms with van der Waals surface area (Å²) in [7, 11) is 0. The van der Waals surface area contributed by atoms with E-state index in [1.807, 2.05) is 31.2 Å². The fourth-order valence-corrected chi connectivity index (χ4v) is 4.59. The molecular weight excluding hydrogens is 477 g/mol. The van der Waals surface area contributed by atoms with Gasteiger partial charge in [-0.15, -0.1) is 0 Å². The van der Waals surface area contributed by atoms with Gasteiger partial charge in [0.15, 0.2) is 0 Å². The van der Waals surface area contributed by atoms with Gasteiger partial charge in [0.2, 0.25) is 0 Å². The lowest BCUT2D eigenvalue weighted by Gasteiger charge is -2.11. The summed E-state index contributed by atoms with van der Waals surface area (Å²) in [5.74, 6) is 1.64. The van der Waals surface area contributed by atoms with Crippen molar-refractivity contribution in [3.05, 3.63) is 105 Å². The summed E-state index contributed by atoms with van der Waals surface area (Å²) in [5.41, 5.74) is 4.36. The maximum atomic E-state index is 6.45. The van der Waals surface area contributed by atoms with E-state index < -0.39 is 0 Å². The molecule has 3 aromatic carbocycles. The number of nitrogens with zero attached hydrogens (tertiary/aromatic N) is 1. The third kappa shape index (κ3) is 5.37. The van der Waals surface area contributed by atoms with Crippen LogP contribution in [-0.4, -0.2) is 5.16 Å². The van der Waals surface area contributed by atoms with Crippen molar-refractivity contribution in [2.75, 3.05) is 0 Å². The molecular formula is C30H27Cl2NO2. The highest BCUT2D eigenvalue weighted by Gasteiger charge is 2.23. The van der Waals surface area contributed by atoms with Gasteiger partial charge in [-0.1, -0.05) is 97.3 Å². The molecule has 1 aromatic heterocycles. The molecule has 0 aliphatic carbocycles. The van der Waals surface area contributed by atoms with Crippen molar-refractivity contribution in [1.29, 1.82) is 0 Å². The molecule has 0 bridgehead atoms. The molecule has 0 radical (unpaired) electrons. The fraction of sp³-hybridized carbons (Fsp3) is 0.167. The normalized spacial score (nSPS) is 12.4. The van der Waals surface area contributed by atoms with E-state index in [2.05, 4.69) is 62.0 Å². The summed E-state index contributed by atoms with van der Waals surface area (Å²) in [6, 6.07) is 19.9. The van der Waals surface area contributed by atoms with Crippen LogP contribution in [0.15, 0.2) is 77.8 Å². The lowest BCUT2D eigenvalue weighted by atomic mass is 10.0. The van der Waals surface area contributed by atoms with Crippen LogP contribution in [0.25, 0.3) is 34.5 Å². The van der Waals surface area contributed by atoms with Gasteiger partial charge in [-0.05, 0) is 58.8 Å². The van der Waals surface area contributed by atoms with Crippen LogP contribution in [-0.2, 0) is 6.61 Å². The highest BCUT2D eigenvalue weighted by atomic mass is 35.5. The van der Waals surface area contributed by atoms with E-state index in [1.54, 1.807) is 18.2 Å². The van der Waals surface area contributed by atoms with E-state index in [9.17, 15) is 0 Å². The van der Waals surface area contributed by atoms with Gasteiger partial charge in [0.05, 0.1) is 15.6 Å². The van der Waals surface area contributed by atoms with Gasteiger partial charge in [-0.25, -0.2) is 0 Å². The third-order valence-corrected chi connectivity index (χ3v) is 6.44. The van der Waals surface area contributed by atoms with Gasteiger partial charge in [-0.3, -0.25) is 0 Å². The predicted molar refractivity (Wildman–Crippen MR) is 146 cm³/mol. The van der Waals surface area contributed by atoms with E-state index in [4.69, 9.17) is 32.5 Å². The third-order valence-electron chi connectivity index (χ3n) is 5.81. The van der Waals surface area contributed by atoms with Gasteiger partial charge in [0.1, 0.15) is 23.8 Å². The molecule has 4 aromatic rings. The molecule has 0 aliphatic heterocycles. The first-order valence-electron chi connectivity index (χ1n) is 11.5. The Labute approximate surface area is 216 Å². The molecule has 0 saturated heterocycles. The predicted octanol–water partition coefficient (Wildman–Crippen LogP) is 7.78. The largest absolute Gasteiger partial charge is 0.489 e. The Balaban J connectivity index is 1.60. The minimum Gasteiger partial charge on any atom is -0.489 e. The van der Waals surface area contributed by atoms with E-state index >= 15 is 0 Å².